The summed E-state index contributed by atoms with van der Waals surface area (Å²) in [6.07, 6.45) is -0.731. The first-order valence-corrected chi connectivity index (χ1v) is 13.7. The van der Waals surface area contributed by atoms with Gasteiger partial charge >= 0.3 is 12.1 Å². The molecule has 212 valence electrons. The molecule has 1 aliphatic carbocycles. The Morgan fingerprint density at radius 1 is 0.878 bits per heavy atom. The highest BCUT2D eigenvalue weighted by molar-refractivity contribution is 5.93. The Bertz CT molecular complexity index is 1410. The minimum atomic E-state index is -0.963. The lowest BCUT2D eigenvalue weighted by Gasteiger charge is -2.40. The van der Waals surface area contributed by atoms with E-state index in [4.69, 9.17) is 9.47 Å². The minimum absolute atomic E-state index is 0.0271. The van der Waals surface area contributed by atoms with E-state index in [-0.39, 0.29) is 19.1 Å². The molecule has 5 rings (SSSR count). The first-order valence-electron chi connectivity index (χ1n) is 13.7. The lowest BCUT2D eigenvalue weighted by molar-refractivity contribution is -0.169. The molecule has 0 unspecified atom stereocenters. The maximum absolute atomic E-state index is 13.5. The van der Waals surface area contributed by atoms with Gasteiger partial charge in [0.2, 0.25) is 11.8 Å². The molecule has 1 heterocycles. The summed E-state index contributed by atoms with van der Waals surface area (Å²) in [5.41, 5.74) is 5.24. The highest BCUT2D eigenvalue weighted by Gasteiger charge is 2.41. The number of hydrogen-bond acceptors (Lipinski definition) is 6. The molecule has 4 atom stereocenters. The lowest BCUT2D eigenvalue weighted by atomic mass is 9.98. The molecule has 9 heteroatoms. The van der Waals surface area contributed by atoms with Gasteiger partial charge < -0.3 is 25.0 Å². The normalized spacial score (nSPS) is 19.3. The van der Waals surface area contributed by atoms with Crippen molar-refractivity contribution in [1.29, 1.82) is 0 Å². The summed E-state index contributed by atoms with van der Waals surface area (Å²) >= 11 is 0. The number of morpholine rings is 1. The average Bonchev–Trinajstić information content (AvgIpc) is 3.31. The van der Waals surface area contributed by atoms with Gasteiger partial charge in [0.1, 0.15) is 31.3 Å². The van der Waals surface area contributed by atoms with Crippen molar-refractivity contribution in [3.63, 3.8) is 0 Å². The van der Waals surface area contributed by atoms with Crippen LogP contribution in [0.1, 0.15) is 49.4 Å². The second-order valence-electron chi connectivity index (χ2n) is 10.4. The van der Waals surface area contributed by atoms with Crippen LogP contribution in [-0.2, 0) is 23.9 Å². The van der Waals surface area contributed by atoms with Gasteiger partial charge in [0.25, 0.3) is 0 Å². The van der Waals surface area contributed by atoms with Gasteiger partial charge in [-0.1, -0.05) is 78.9 Å². The number of nitrogens with zero attached hydrogens (tertiary/aromatic N) is 1. The number of carbonyl (C=O) groups excluding carboxylic acids is 4. The van der Waals surface area contributed by atoms with Gasteiger partial charge in [0.05, 0.1) is 6.04 Å². The van der Waals surface area contributed by atoms with Crippen molar-refractivity contribution in [2.24, 2.45) is 0 Å². The Kier molecular flexibility index (Phi) is 8.05. The smallest absolute Gasteiger partial charge is 0.407 e. The van der Waals surface area contributed by atoms with Gasteiger partial charge in [0.15, 0.2) is 0 Å². The first-order chi connectivity index (χ1) is 19.8. The van der Waals surface area contributed by atoms with Gasteiger partial charge in [-0.3, -0.25) is 9.59 Å². The molecule has 1 fully saturated rings. The highest BCUT2D eigenvalue weighted by atomic mass is 16.5. The molecular weight excluding hydrogens is 522 g/mol. The van der Waals surface area contributed by atoms with Crippen molar-refractivity contribution in [3.05, 3.63) is 95.6 Å². The van der Waals surface area contributed by atoms with E-state index in [1.807, 2.05) is 66.7 Å². The molecule has 2 N–H and O–H groups in total. The van der Waals surface area contributed by atoms with Gasteiger partial charge in [-0.2, -0.15) is 0 Å². The summed E-state index contributed by atoms with van der Waals surface area (Å²) in [4.78, 5) is 52.8. The SMILES string of the molecule is C[C@H](NC(=O)OCC1c2ccccc2-c2ccccc21)C(=O)N[C@@H](C)C(=O)N1[C@@H](C)C(=O)OC[C@H]1c1ccccc1. The molecule has 9 nitrogen and oxygen atoms in total. The molecule has 0 bridgehead atoms. The maximum Gasteiger partial charge on any atom is 0.407 e. The number of nitrogens with one attached hydrogen (secondary N) is 2. The van der Waals surface area contributed by atoms with E-state index in [0.717, 1.165) is 27.8 Å². The topological polar surface area (TPSA) is 114 Å². The monoisotopic (exact) mass is 555 g/mol. The second-order valence-corrected chi connectivity index (χ2v) is 10.4. The van der Waals surface area contributed by atoms with Crippen LogP contribution in [0.4, 0.5) is 4.79 Å². The number of hydrogen-bond donors (Lipinski definition) is 2. The number of rotatable bonds is 7. The minimum Gasteiger partial charge on any atom is -0.462 e. The van der Waals surface area contributed by atoms with Gasteiger partial charge in [-0.05, 0) is 48.6 Å². The summed E-state index contributed by atoms with van der Waals surface area (Å²) in [6, 6.07) is 22.1. The van der Waals surface area contributed by atoms with E-state index in [2.05, 4.69) is 22.8 Å². The Morgan fingerprint density at radius 3 is 2.10 bits per heavy atom. The fraction of sp³-hybridized carbons (Fsp3) is 0.312. The Balaban J connectivity index is 1.18. The third-order valence-electron chi connectivity index (χ3n) is 7.72. The number of alkyl carbamates (subject to hydrolysis) is 1. The first kappa shape index (κ1) is 27.9. The van der Waals surface area contributed by atoms with Crippen LogP contribution in [0.15, 0.2) is 78.9 Å². The van der Waals surface area contributed by atoms with E-state index < -0.39 is 48.0 Å². The van der Waals surface area contributed by atoms with Crippen LogP contribution in [-0.4, -0.2) is 60.1 Å². The molecule has 3 amide bonds. The van der Waals surface area contributed by atoms with Crippen LogP contribution in [0.5, 0.6) is 0 Å². The van der Waals surface area contributed by atoms with Crippen molar-refractivity contribution in [1.82, 2.24) is 15.5 Å². The molecule has 0 radical (unpaired) electrons. The molecule has 0 saturated carbocycles. The largest absolute Gasteiger partial charge is 0.462 e. The molecule has 3 aromatic carbocycles. The number of ether oxygens (including phenoxy) is 2. The highest BCUT2D eigenvalue weighted by Crippen LogP contribution is 2.44. The van der Waals surface area contributed by atoms with Crippen LogP contribution in [0.25, 0.3) is 11.1 Å². The molecule has 0 spiro atoms. The molecule has 2 aliphatic rings. The molecule has 0 aromatic heterocycles. The third kappa shape index (κ3) is 5.66. The zero-order valence-electron chi connectivity index (χ0n) is 23.2. The van der Waals surface area contributed by atoms with Crippen molar-refractivity contribution in [3.8, 4) is 11.1 Å². The van der Waals surface area contributed by atoms with Crippen LogP contribution in [0, 0.1) is 0 Å². The molecule has 1 saturated heterocycles. The molecule has 41 heavy (non-hydrogen) atoms. The van der Waals surface area contributed by atoms with E-state index in [0.29, 0.717) is 0 Å². The Labute approximate surface area is 238 Å². The quantitative estimate of drug-likeness (QED) is 0.427. The second kappa shape index (κ2) is 11.8. The van der Waals surface area contributed by atoms with Gasteiger partial charge in [-0.25, -0.2) is 9.59 Å². The van der Waals surface area contributed by atoms with Crippen molar-refractivity contribution < 1.29 is 28.7 Å². The summed E-state index contributed by atoms with van der Waals surface area (Å²) in [6.45, 7) is 4.81. The fourth-order valence-electron chi connectivity index (χ4n) is 5.53. The van der Waals surface area contributed by atoms with Gasteiger partial charge in [0, 0.05) is 5.92 Å². The maximum atomic E-state index is 13.5. The summed E-state index contributed by atoms with van der Waals surface area (Å²) < 4.78 is 10.8. The average molecular weight is 556 g/mol. The number of carbonyl (C=O) groups is 4. The number of benzene rings is 3. The third-order valence-corrected chi connectivity index (χ3v) is 7.72. The number of esters is 1. The van der Waals surface area contributed by atoms with Crippen LogP contribution in [0.3, 0.4) is 0 Å². The van der Waals surface area contributed by atoms with Crippen LogP contribution >= 0.6 is 0 Å². The van der Waals surface area contributed by atoms with E-state index in [1.165, 1.54) is 11.8 Å². The standard InChI is InChI=1S/C32H33N3O6/c1-19(34-32(39)41-17-27-25-15-9-7-13-23(25)24-14-8-10-16-26(24)27)29(36)33-20(2)30(37)35-21(3)31(38)40-18-28(35)22-11-5-4-6-12-22/h4-16,19-21,27-28H,17-18H2,1-3H3,(H,33,36)(H,34,39)/t19-,20-,21-,28-/m0/s1. The predicted molar refractivity (Wildman–Crippen MR) is 152 cm³/mol. The van der Waals surface area contributed by atoms with Crippen molar-refractivity contribution in [2.45, 2.75) is 50.9 Å². The Hall–Kier alpha value is -4.66. The summed E-state index contributed by atoms with van der Waals surface area (Å²) in [5.74, 6) is -1.59. The molecule has 3 aromatic rings. The number of cyclic esters (lactones) is 1. The van der Waals surface area contributed by atoms with Crippen molar-refractivity contribution in [2.75, 3.05) is 13.2 Å². The van der Waals surface area contributed by atoms with Crippen molar-refractivity contribution >= 4 is 23.9 Å². The predicted octanol–water partition coefficient (Wildman–Crippen LogP) is 3.93. The van der Waals surface area contributed by atoms with Crippen LogP contribution < -0.4 is 10.6 Å². The number of amides is 3. The zero-order chi connectivity index (χ0) is 29.1. The van der Waals surface area contributed by atoms with Crippen LogP contribution in [0.2, 0.25) is 0 Å². The molecule has 1 aliphatic heterocycles. The lowest BCUT2D eigenvalue weighted by Crippen LogP contribution is -2.58. The van der Waals surface area contributed by atoms with Gasteiger partial charge in [-0.15, -0.1) is 0 Å². The summed E-state index contributed by atoms with van der Waals surface area (Å²) in [5, 5.41) is 5.21. The zero-order valence-corrected chi connectivity index (χ0v) is 23.2. The van der Waals surface area contributed by atoms with E-state index in [1.54, 1.807) is 13.8 Å². The van der Waals surface area contributed by atoms with E-state index >= 15 is 0 Å². The number of fused-ring (bicyclic) bond motifs is 3. The Morgan fingerprint density at radius 2 is 1.46 bits per heavy atom. The fourth-order valence-corrected chi connectivity index (χ4v) is 5.53. The molecular formula is C32H33N3O6. The van der Waals surface area contributed by atoms with E-state index in [9.17, 15) is 19.2 Å². The summed E-state index contributed by atoms with van der Waals surface area (Å²) in [7, 11) is 0.